The van der Waals surface area contributed by atoms with Gasteiger partial charge in [-0.2, -0.15) is 0 Å². The van der Waals surface area contributed by atoms with E-state index in [0.717, 1.165) is 44.5 Å². The summed E-state index contributed by atoms with van der Waals surface area (Å²) in [4.78, 5) is 2.88. The lowest BCUT2D eigenvalue weighted by molar-refractivity contribution is 0.255. The van der Waals surface area contributed by atoms with E-state index in [1.54, 1.807) is 0 Å². The van der Waals surface area contributed by atoms with Crippen LogP contribution in [0.25, 0.3) is 0 Å². The lowest BCUT2D eigenvalue weighted by atomic mass is 10.3. The highest BCUT2D eigenvalue weighted by molar-refractivity contribution is 7.99. The van der Waals surface area contributed by atoms with Crippen molar-refractivity contribution >= 4 is 11.8 Å². The Balaban J connectivity index is 1.77. The van der Waals surface area contributed by atoms with Gasteiger partial charge in [0.1, 0.15) is 11.6 Å². The third-order valence-corrected chi connectivity index (χ3v) is 3.80. The van der Waals surface area contributed by atoms with Crippen LogP contribution in [0.5, 0.6) is 0 Å². The SMILES string of the molecule is Fc1ccc(SCCN2CCNCC2)c(F)c1. The van der Waals surface area contributed by atoms with Gasteiger partial charge in [0, 0.05) is 49.4 Å². The van der Waals surface area contributed by atoms with E-state index in [2.05, 4.69) is 10.2 Å². The van der Waals surface area contributed by atoms with E-state index >= 15 is 0 Å². The average molecular weight is 258 g/mol. The van der Waals surface area contributed by atoms with Crippen LogP contribution in [0.4, 0.5) is 8.78 Å². The molecule has 1 saturated heterocycles. The summed E-state index contributed by atoms with van der Waals surface area (Å²) >= 11 is 1.45. The molecular formula is C12H16F2N2S. The standard InChI is InChI=1S/C12H16F2N2S/c13-10-1-2-12(11(14)9-10)17-8-7-16-5-3-15-4-6-16/h1-2,9,15H,3-8H2. The van der Waals surface area contributed by atoms with Gasteiger partial charge in [0.25, 0.3) is 0 Å². The summed E-state index contributed by atoms with van der Waals surface area (Å²) in [6.45, 7) is 5.09. The Labute approximate surface area is 104 Å². The molecule has 0 spiro atoms. The fourth-order valence-electron chi connectivity index (χ4n) is 1.81. The van der Waals surface area contributed by atoms with E-state index in [-0.39, 0.29) is 0 Å². The highest BCUT2D eigenvalue weighted by atomic mass is 32.2. The van der Waals surface area contributed by atoms with Gasteiger partial charge in [-0.3, -0.25) is 4.90 Å². The van der Waals surface area contributed by atoms with Crippen LogP contribution in [0.2, 0.25) is 0 Å². The Hall–Kier alpha value is -0.650. The molecule has 17 heavy (non-hydrogen) atoms. The van der Waals surface area contributed by atoms with Gasteiger partial charge < -0.3 is 5.32 Å². The van der Waals surface area contributed by atoms with Gasteiger partial charge in [-0.25, -0.2) is 8.78 Å². The van der Waals surface area contributed by atoms with Crippen molar-refractivity contribution in [1.82, 2.24) is 10.2 Å². The molecule has 0 amide bonds. The Morgan fingerprint density at radius 3 is 2.71 bits per heavy atom. The van der Waals surface area contributed by atoms with Crippen LogP contribution in [0.1, 0.15) is 0 Å². The maximum Gasteiger partial charge on any atom is 0.139 e. The van der Waals surface area contributed by atoms with Crippen molar-refractivity contribution in [2.75, 3.05) is 38.5 Å². The highest BCUT2D eigenvalue weighted by Crippen LogP contribution is 2.22. The minimum atomic E-state index is -0.519. The first kappa shape index (κ1) is 12.8. The van der Waals surface area contributed by atoms with Crippen molar-refractivity contribution in [2.24, 2.45) is 0 Å². The summed E-state index contributed by atoms with van der Waals surface area (Å²) in [5.41, 5.74) is 0. The summed E-state index contributed by atoms with van der Waals surface area (Å²) < 4.78 is 26.0. The molecule has 1 fully saturated rings. The zero-order chi connectivity index (χ0) is 12.1. The van der Waals surface area contributed by atoms with Gasteiger partial charge in [0.05, 0.1) is 0 Å². The topological polar surface area (TPSA) is 15.3 Å². The fourth-order valence-corrected chi connectivity index (χ4v) is 2.74. The largest absolute Gasteiger partial charge is 0.314 e. The zero-order valence-electron chi connectivity index (χ0n) is 9.59. The maximum atomic E-state index is 13.3. The van der Waals surface area contributed by atoms with E-state index in [1.165, 1.54) is 23.9 Å². The normalized spacial score (nSPS) is 17.3. The van der Waals surface area contributed by atoms with Crippen LogP contribution < -0.4 is 5.32 Å². The van der Waals surface area contributed by atoms with Crippen LogP contribution in [0.15, 0.2) is 23.1 Å². The van der Waals surface area contributed by atoms with Gasteiger partial charge in [-0.05, 0) is 12.1 Å². The smallest absolute Gasteiger partial charge is 0.139 e. The number of piperazine rings is 1. The second-order valence-electron chi connectivity index (χ2n) is 4.01. The lowest BCUT2D eigenvalue weighted by Crippen LogP contribution is -2.44. The number of nitrogens with one attached hydrogen (secondary N) is 1. The van der Waals surface area contributed by atoms with Crippen LogP contribution in [-0.2, 0) is 0 Å². The molecule has 1 aromatic carbocycles. The zero-order valence-corrected chi connectivity index (χ0v) is 10.4. The Kier molecular flexibility index (Phi) is 4.76. The summed E-state index contributed by atoms with van der Waals surface area (Å²) in [6, 6.07) is 3.75. The third kappa shape index (κ3) is 3.94. The summed E-state index contributed by atoms with van der Waals surface area (Å²) in [7, 11) is 0. The number of rotatable bonds is 4. The van der Waals surface area contributed by atoms with Crippen molar-refractivity contribution in [3.63, 3.8) is 0 Å². The van der Waals surface area contributed by atoms with E-state index in [1.807, 2.05) is 0 Å². The van der Waals surface area contributed by atoms with Crippen molar-refractivity contribution in [3.05, 3.63) is 29.8 Å². The van der Waals surface area contributed by atoms with E-state index < -0.39 is 11.6 Å². The quantitative estimate of drug-likeness (QED) is 0.831. The predicted molar refractivity (Wildman–Crippen MR) is 66.4 cm³/mol. The van der Waals surface area contributed by atoms with E-state index in [9.17, 15) is 8.78 Å². The maximum absolute atomic E-state index is 13.3. The number of nitrogens with zero attached hydrogens (tertiary/aromatic N) is 1. The molecule has 2 nitrogen and oxygen atoms in total. The van der Waals surface area contributed by atoms with Gasteiger partial charge in [-0.1, -0.05) is 0 Å². The van der Waals surface area contributed by atoms with E-state index in [4.69, 9.17) is 0 Å². The minimum Gasteiger partial charge on any atom is -0.314 e. The van der Waals surface area contributed by atoms with Crippen molar-refractivity contribution in [1.29, 1.82) is 0 Å². The molecule has 0 unspecified atom stereocenters. The van der Waals surface area contributed by atoms with Crippen molar-refractivity contribution < 1.29 is 8.78 Å². The molecule has 0 aromatic heterocycles. The van der Waals surface area contributed by atoms with Gasteiger partial charge >= 0.3 is 0 Å². The molecule has 0 bridgehead atoms. The molecule has 0 radical (unpaired) electrons. The molecule has 0 aliphatic carbocycles. The first-order chi connectivity index (χ1) is 8.25. The molecule has 1 N–H and O–H groups in total. The first-order valence-corrected chi connectivity index (χ1v) is 6.75. The Morgan fingerprint density at radius 1 is 1.24 bits per heavy atom. The predicted octanol–water partition coefficient (Wildman–Crippen LogP) is 1.96. The monoisotopic (exact) mass is 258 g/mol. The molecule has 2 rings (SSSR count). The molecule has 5 heteroatoms. The van der Waals surface area contributed by atoms with Crippen LogP contribution in [0, 0.1) is 11.6 Å². The fraction of sp³-hybridized carbons (Fsp3) is 0.500. The molecule has 1 aromatic rings. The summed E-state index contributed by atoms with van der Waals surface area (Å²) in [5.74, 6) is -0.146. The Bertz CT molecular complexity index is 368. The van der Waals surface area contributed by atoms with Gasteiger partial charge in [-0.15, -0.1) is 11.8 Å². The Morgan fingerprint density at radius 2 is 2.00 bits per heavy atom. The van der Waals surface area contributed by atoms with Crippen LogP contribution >= 0.6 is 11.8 Å². The number of halogens is 2. The second-order valence-corrected chi connectivity index (χ2v) is 5.15. The van der Waals surface area contributed by atoms with Gasteiger partial charge in [0.15, 0.2) is 0 Å². The molecule has 1 aliphatic heterocycles. The average Bonchev–Trinajstić information content (AvgIpc) is 2.33. The number of thioether (sulfide) groups is 1. The highest BCUT2D eigenvalue weighted by Gasteiger charge is 2.10. The molecule has 0 saturated carbocycles. The van der Waals surface area contributed by atoms with Crippen molar-refractivity contribution in [3.8, 4) is 0 Å². The third-order valence-electron chi connectivity index (χ3n) is 2.77. The summed E-state index contributed by atoms with van der Waals surface area (Å²) in [6.07, 6.45) is 0. The minimum absolute atomic E-state index is 0.463. The molecular weight excluding hydrogens is 242 g/mol. The first-order valence-electron chi connectivity index (χ1n) is 5.76. The molecule has 1 aliphatic rings. The van der Waals surface area contributed by atoms with Crippen LogP contribution in [0.3, 0.4) is 0 Å². The lowest BCUT2D eigenvalue weighted by Gasteiger charge is -2.26. The molecule has 94 valence electrons. The van der Waals surface area contributed by atoms with Crippen molar-refractivity contribution in [2.45, 2.75) is 4.90 Å². The van der Waals surface area contributed by atoms with E-state index in [0.29, 0.717) is 4.90 Å². The molecule has 1 heterocycles. The number of hydrogen-bond donors (Lipinski definition) is 1. The molecule has 0 atom stereocenters. The van der Waals surface area contributed by atoms with Gasteiger partial charge in [0.2, 0.25) is 0 Å². The second kappa shape index (κ2) is 6.33. The summed E-state index contributed by atoms with van der Waals surface area (Å²) in [5, 5.41) is 3.29. The van der Waals surface area contributed by atoms with Crippen LogP contribution in [-0.4, -0.2) is 43.4 Å². The number of hydrogen-bond acceptors (Lipinski definition) is 3. The number of benzene rings is 1.